The lowest BCUT2D eigenvalue weighted by Crippen LogP contribution is -2.44. The third-order valence-electron chi connectivity index (χ3n) is 3.38. The molecule has 0 amide bonds. The number of hydrogen-bond acceptors (Lipinski definition) is 5. The molecular weight excluding hydrogens is 318 g/mol. The monoisotopic (exact) mass is 333 g/mol. The number of halogens is 1. The van der Waals surface area contributed by atoms with Gasteiger partial charge in [0, 0.05) is 31.3 Å². The SMILES string of the molecule is CS(=O)(=O)N1CCCC(Nc2ccc([N+](=O)[O-])cc2Cl)C1. The van der Waals surface area contributed by atoms with E-state index in [2.05, 4.69) is 5.32 Å². The predicted octanol–water partition coefficient (Wildman–Crippen LogP) is 2.08. The van der Waals surface area contributed by atoms with Gasteiger partial charge in [0.15, 0.2) is 0 Å². The Morgan fingerprint density at radius 3 is 2.76 bits per heavy atom. The Balaban J connectivity index is 2.09. The molecule has 0 spiro atoms. The van der Waals surface area contributed by atoms with E-state index < -0.39 is 14.9 Å². The standard InChI is InChI=1S/C12H16ClN3O4S/c1-21(19,20)15-6-2-3-9(8-15)14-12-5-4-10(16(17)18)7-11(12)13/h4-5,7,9,14H,2-3,6,8H2,1H3. The van der Waals surface area contributed by atoms with Gasteiger partial charge in [-0.05, 0) is 18.9 Å². The van der Waals surface area contributed by atoms with Crippen LogP contribution in [-0.2, 0) is 10.0 Å². The molecule has 1 atom stereocenters. The molecule has 1 unspecified atom stereocenters. The Morgan fingerprint density at radius 2 is 2.19 bits per heavy atom. The van der Waals surface area contributed by atoms with E-state index in [0.717, 1.165) is 12.8 Å². The molecule has 1 N–H and O–H groups in total. The average Bonchev–Trinajstić information content (AvgIpc) is 2.40. The fraction of sp³-hybridized carbons (Fsp3) is 0.500. The Kier molecular flexibility index (Phi) is 4.70. The second-order valence-electron chi connectivity index (χ2n) is 5.03. The molecule has 1 aromatic carbocycles. The molecule has 1 fully saturated rings. The number of sulfonamides is 1. The summed E-state index contributed by atoms with van der Waals surface area (Å²) in [5.74, 6) is 0. The maximum Gasteiger partial charge on any atom is 0.271 e. The summed E-state index contributed by atoms with van der Waals surface area (Å²) in [7, 11) is -3.21. The number of non-ortho nitro benzene ring substituents is 1. The molecule has 0 aliphatic carbocycles. The van der Waals surface area contributed by atoms with Gasteiger partial charge in [-0.2, -0.15) is 0 Å². The molecule has 1 saturated heterocycles. The summed E-state index contributed by atoms with van der Waals surface area (Å²) in [5, 5.41) is 14.1. The average molecular weight is 334 g/mol. The largest absolute Gasteiger partial charge is 0.380 e. The first-order chi connectivity index (χ1) is 9.77. The van der Waals surface area contributed by atoms with Crippen molar-refractivity contribution in [3.8, 4) is 0 Å². The van der Waals surface area contributed by atoms with Crippen molar-refractivity contribution in [3.05, 3.63) is 33.3 Å². The highest BCUT2D eigenvalue weighted by atomic mass is 35.5. The maximum absolute atomic E-state index is 11.6. The molecule has 0 bridgehead atoms. The smallest absolute Gasteiger partial charge is 0.271 e. The number of benzene rings is 1. The van der Waals surface area contributed by atoms with E-state index in [1.54, 1.807) is 6.07 Å². The van der Waals surface area contributed by atoms with Gasteiger partial charge in [0.05, 0.1) is 21.9 Å². The van der Waals surface area contributed by atoms with Crippen LogP contribution in [0.3, 0.4) is 0 Å². The van der Waals surface area contributed by atoms with E-state index in [-0.39, 0.29) is 16.8 Å². The Morgan fingerprint density at radius 1 is 1.48 bits per heavy atom. The summed E-state index contributed by atoms with van der Waals surface area (Å²) in [6, 6.07) is 4.12. The normalized spacial score (nSPS) is 20.2. The highest BCUT2D eigenvalue weighted by molar-refractivity contribution is 7.88. The molecular formula is C12H16ClN3O4S. The fourth-order valence-corrected chi connectivity index (χ4v) is 3.46. The second-order valence-corrected chi connectivity index (χ2v) is 7.42. The summed E-state index contributed by atoms with van der Waals surface area (Å²) in [5.41, 5.74) is 0.495. The van der Waals surface area contributed by atoms with Gasteiger partial charge >= 0.3 is 0 Å². The van der Waals surface area contributed by atoms with Crippen molar-refractivity contribution in [1.29, 1.82) is 0 Å². The molecule has 0 saturated carbocycles. The number of nitro benzene ring substituents is 1. The molecule has 0 aromatic heterocycles. The molecule has 2 rings (SSSR count). The number of hydrogen-bond donors (Lipinski definition) is 1. The second kappa shape index (κ2) is 6.17. The first kappa shape index (κ1) is 16.0. The van der Waals surface area contributed by atoms with Crippen LogP contribution < -0.4 is 5.32 Å². The molecule has 0 radical (unpaired) electrons. The van der Waals surface area contributed by atoms with Crippen LogP contribution in [0.4, 0.5) is 11.4 Å². The lowest BCUT2D eigenvalue weighted by molar-refractivity contribution is -0.384. The summed E-state index contributed by atoms with van der Waals surface area (Å²) in [6.07, 6.45) is 2.77. The van der Waals surface area contributed by atoms with Crippen LogP contribution in [0.5, 0.6) is 0 Å². The molecule has 21 heavy (non-hydrogen) atoms. The molecule has 1 aliphatic heterocycles. The van der Waals surface area contributed by atoms with E-state index in [0.29, 0.717) is 18.8 Å². The molecule has 116 valence electrons. The molecule has 9 heteroatoms. The topological polar surface area (TPSA) is 92.6 Å². The van der Waals surface area contributed by atoms with Crippen LogP contribution in [0.25, 0.3) is 0 Å². The van der Waals surface area contributed by atoms with E-state index >= 15 is 0 Å². The molecule has 1 aliphatic rings. The van der Waals surface area contributed by atoms with Crippen LogP contribution in [0, 0.1) is 10.1 Å². The molecule has 7 nitrogen and oxygen atoms in total. The zero-order valence-corrected chi connectivity index (χ0v) is 13.0. The number of rotatable bonds is 4. The van der Waals surface area contributed by atoms with Gasteiger partial charge in [-0.3, -0.25) is 10.1 Å². The van der Waals surface area contributed by atoms with Crippen LogP contribution in [0.15, 0.2) is 18.2 Å². The quantitative estimate of drug-likeness (QED) is 0.672. The Hall–Kier alpha value is -1.38. The number of nitro groups is 1. The number of anilines is 1. The van der Waals surface area contributed by atoms with E-state index in [4.69, 9.17) is 11.6 Å². The summed E-state index contributed by atoms with van der Waals surface area (Å²) in [6.45, 7) is 0.886. The summed E-state index contributed by atoms with van der Waals surface area (Å²) in [4.78, 5) is 10.1. The Labute approximate surface area is 128 Å². The highest BCUT2D eigenvalue weighted by Gasteiger charge is 2.26. The third kappa shape index (κ3) is 4.05. The van der Waals surface area contributed by atoms with Gasteiger partial charge < -0.3 is 5.32 Å². The Bertz CT molecular complexity index is 650. The number of piperidine rings is 1. The predicted molar refractivity (Wildman–Crippen MR) is 81.2 cm³/mol. The van der Waals surface area contributed by atoms with Crippen molar-refractivity contribution in [1.82, 2.24) is 4.31 Å². The maximum atomic E-state index is 11.6. The minimum absolute atomic E-state index is 0.0626. The fourth-order valence-electron chi connectivity index (χ4n) is 2.32. The van der Waals surface area contributed by atoms with Gasteiger partial charge in [-0.15, -0.1) is 0 Å². The minimum Gasteiger partial charge on any atom is -0.380 e. The van der Waals surface area contributed by atoms with E-state index in [1.165, 1.54) is 22.7 Å². The lowest BCUT2D eigenvalue weighted by Gasteiger charge is -2.32. The van der Waals surface area contributed by atoms with Gasteiger partial charge in [0.25, 0.3) is 5.69 Å². The van der Waals surface area contributed by atoms with Crippen LogP contribution >= 0.6 is 11.6 Å². The van der Waals surface area contributed by atoms with Crippen molar-refractivity contribution >= 4 is 33.0 Å². The van der Waals surface area contributed by atoms with Crippen molar-refractivity contribution in [3.63, 3.8) is 0 Å². The minimum atomic E-state index is -3.21. The van der Waals surface area contributed by atoms with E-state index in [1.807, 2.05) is 0 Å². The zero-order valence-electron chi connectivity index (χ0n) is 11.5. The lowest BCUT2D eigenvalue weighted by atomic mass is 10.1. The van der Waals surface area contributed by atoms with E-state index in [9.17, 15) is 18.5 Å². The summed E-state index contributed by atoms with van der Waals surface area (Å²) < 4.78 is 24.6. The van der Waals surface area contributed by atoms with Crippen molar-refractivity contribution in [2.45, 2.75) is 18.9 Å². The van der Waals surface area contributed by atoms with Gasteiger partial charge in [-0.1, -0.05) is 11.6 Å². The molecule has 1 aromatic rings. The van der Waals surface area contributed by atoms with Gasteiger partial charge in [0.2, 0.25) is 10.0 Å². The van der Waals surface area contributed by atoms with Crippen LogP contribution in [0.1, 0.15) is 12.8 Å². The zero-order chi connectivity index (χ0) is 15.6. The van der Waals surface area contributed by atoms with Gasteiger partial charge in [-0.25, -0.2) is 12.7 Å². The van der Waals surface area contributed by atoms with Gasteiger partial charge in [0.1, 0.15) is 0 Å². The number of nitrogens with one attached hydrogen (secondary N) is 1. The molecule has 1 heterocycles. The number of nitrogens with zero attached hydrogens (tertiary/aromatic N) is 2. The summed E-state index contributed by atoms with van der Waals surface area (Å²) >= 11 is 6.02. The van der Waals surface area contributed by atoms with Crippen molar-refractivity contribution in [2.75, 3.05) is 24.7 Å². The van der Waals surface area contributed by atoms with Crippen LogP contribution in [-0.4, -0.2) is 43.0 Å². The van der Waals surface area contributed by atoms with Crippen molar-refractivity contribution < 1.29 is 13.3 Å². The first-order valence-corrected chi connectivity index (χ1v) is 8.65. The first-order valence-electron chi connectivity index (χ1n) is 6.43. The highest BCUT2D eigenvalue weighted by Crippen LogP contribution is 2.28. The van der Waals surface area contributed by atoms with Crippen molar-refractivity contribution in [2.24, 2.45) is 0 Å². The van der Waals surface area contributed by atoms with Crippen LogP contribution in [0.2, 0.25) is 5.02 Å². The third-order valence-corrected chi connectivity index (χ3v) is 4.96.